The highest BCUT2D eigenvalue weighted by atomic mass is 16.5. The molecule has 0 aliphatic rings. The van der Waals surface area contributed by atoms with Crippen molar-refractivity contribution in [2.45, 2.75) is 13.5 Å². The van der Waals surface area contributed by atoms with Gasteiger partial charge in [0.15, 0.2) is 0 Å². The Kier molecular flexibility index (Phi) is 3.69. The molecule has 0 aliphatic heterocycles. The number of rotatable bonds is 4. The molecule has 0 spiro atoms. The zero-order valence-corrected chi connectivity index (χ0v) is 11.7. The predicted octanol–water partition coefficient (Wildman–Crippen LogP) is 3.06. The predicted molar refractivity (Wildman–Crippen MR) is 80.1 cm³/mol. The van der Waals surface area contributed by atoms with Crippen molar-refractivity contribution < 1.29 is 9.53 Å². The minimum Gasteiger partial charge on any atom is -0.462 e. The molecule has 0 unspecified atom stereocenters. The second kappa shape index (κ2) is 5.79. The van der Waals surface area contributed by atoms with Crippen LogP contribution in [0.25, 0.3) is 10.9 Å². The monoisotopic (exact) mass is 279 g/mol. The minimum absolute atomic E-state index is 0.311. The number of benzene rings is 1. The van der Waals surface area contributed by atoms with Gasteiger partial charge in [0, 0.05) is 24.3 Å². The second-order valence-electron chi connectivity index (χ2n) is 4.70. The van der Waals surface area contributed by atoms with E-state index >= 15 is 0 Å². The third-order valence-corrected chi connectivity index (χ3v) is 3.23. The number of aromatic nitrogens is 2. The molecule has 2 aromatic heterocycles. The van der Waals surface area contributed by atoms with E-state index in [2.05, 4.69) is 11.2 Å². The first kappa shape index (κ1) is 13.4. The lowest BCUT2D eigenvalue weighted by Gasteiger charge is -2.08. The lowest BCUT2D eigenvalue weighted by Crippen LogP contribution is -2.06. The molecular formula is C17H15N2O2. The Morgan fingerprint density at radius 3 is 3.05 bits per heavy atom. The third kappa shape index (κ3) is 2.79. The van der Waals surface area contributed by atoms with E-state index in [4.69, 9.17) is 4.74 Å². The number of carbonyl (C=O) groups is 1. The van der Waals surface area contributed by atoms with Crippen LogP contribution in [0.15, 0.2) is 48.8 Å². The zero-order chi connectivity index (χ0) is 14.7. The smallest absolute Gasteiger partial charge is 0.338 e. The number of hydrogen-bond acceptors (Lipinski definition) is 3. The van der Waals surface area contributed by atoms with Crippen LogP contribution in [-0.2, 0) is 11.3 Å². The maximum atomic E-state index is 12.0. The van der Waals surface area contributed by atoms with Crippen molar-refractivity contribution in [3.63, 3.8) is 0 Å². The summed E-state index contributed by atoms with van der Waals surface area (Å²) in [6.07, 6.45) is 6.86. The summed E-state index contributed by atoms with van der Waals surface area (Å²) >= 11 is 0. The fraction of sp³-hybridized carbons (Fsp3) is 0.176. The van der Waals surface area contributed by atoms with Crippen LogP contribution in [-0.4, -0.2) is 22.1 Å². The SMILES string of the molecule is CCOC(=O)c1cccc2ncc(Cn3[c]ccc3)cc12. The number of pyridine rings is 1. The Hall–Kier alpha value is -2.62. The van der Waals surface area contributed by atoms with E-state index in [1.54, 1.807) is 13.0 Å². The molecule has 0 N–H and O–H groups in total. The summed E-state index contributed by atoms with van der Waals surface area (Å²) in [4.78, 5) is 16.5. The van der Waals surface area contributed by atoms with Gasteiger partial charge in [-0.15, -0.1) is 0 Å². The summed E-state index contributed by atoms with van der Waals surface area (Å²) < 4.78 is 7.04. The molecule has 4 nitrogen and oxygen atoms in total. The van der Waals surface area contributed by atoms with Crippen LogP contribution in [0.2, 0.25) is 0 Å². The largest absolute Gasteiger partial charge is 0.462 e. The van der Waals surface area contributed by atoms with E-state index < -0.39 is 0 Å². The molecule has 4 heteroatoms. The van der Waals surface area contributed by atoms with Crippen molar-refractivity contribution in [1.29, 1.82) is 0 Å². The topological polar surface area (TPSA) is 44.1 Å². The molecule has 1 aromatic carbocycles. The highest BCUT2D eigenvalue weighted by molar-refractivity contribution is 6.03. The van der Waals surface area contributed by atoms with Gasteiger partial charge in [-0.05, 0) is 42.8 Å². The first-order valence-corrected chi connectivity index (χ1v) is 6.85. The standard InChI is InChI=1S/C17H15N2O2/c1-2-21-17(20)14-6-5-7-16-15(14)10-13(11-18-16)12-19-8-3-4-9-19/h3-8,10-11H,2,12H2,1H3. The van der Waals surface area contributed by atoms with Gasteiger partial charge in [-0.2, -0.15) is 0 Å². The second-order valence-corrected chi connectivity index (χ2v) is 4.70. The summed E-state index contributed by atoms with van der Waals surface area (Å²) in [6, 6.07) is 11.3. The summed E-state index contributed by atoms with van der Waals surface area (Å²) in [5.41, 5.74) is 2.37. The number of carbonyl (C=O) groups excluding carboxylic acids is 1. The van der Waals surface area contributed by atoms with Crippen molar-refractivity contribution >= 4 is 16.9 Å². The molecule has 0 aliphatic carbocycles. The Labute approximate surface area is 123 Å². The van der Waals surface area contributed by atoms with E-state index in [0.717, 1.165) is 16.5 Å². The molecule has 2 heterocycles. The summed E-state index contributed by atoms with van der Waals surface area (Å²) in [6.45, 7) is 2.84. The number of hydrogen-bond donors (Lipinski definition) is 0. The van der Waals surface area contributed by atoms with Crippen LogP contribution < -0.4 is 0 Å². The van der Waals surface area contributed by atoms with Crippen LogP contribution in [0.3, 0.4) is 0 Å². The van der Waals surface area contributed by atoms with Crippen LogP contribution in [0, 0.1) is 6.20 Å². The summed E-state index contributed by atoms with van der Waals surface area (Å²) in [7, 11) is 0. The van der Waals surface area contributed by atoms with Gasteiger partial charge in [0.05, 0.1) is 23.9 Å². The quantitative estimate of drug-likeness (QED) is 0.689. The molecule has 3 rings (SSSR count). The van der Waals surface area contributed by atoms with Gasteiger partial charge in [-0.3, -0.25) is 4.98 Å². The van der Waals surface area contributed by atoms with E-state index in [-0.39, 0.29) is 5.97 Å². The average Bonchev–Trinajstić information content (AvgIpc) is 3.00. The lowest BCUT2D eigenvalue weighted by molar-refractivity contribution is 0.0528. The molecule has 105 valence electrons. The van der Waals surface area contributed by atoms with Crippen LogP contribution in [0.4, 0.5) is 0 Å². The molecule has 0 atom stereocenters. The Morgan fingerprint density at radius 2 is 2.29 bits per heavy atom. The maximum absolute atomic E-state index is 12.0. The highest BCUT2D eigenvalue weighted by Gasteiger charge is 2.12. The number of ether oxygens (including phenoxy) is 1. The van der Waals surface area contributed by atoms with Gasteiger partial charge in [0.1, 0.15) is 0 Å². The van der Waals surface area contributed by atoms with Gasteiger partial charge in [-0.1, -0.05) is 6.07 Å². The fourth-order valence-electron chi connectivity index (χ4n) is 2.29. The molecule has 0 bridgehead atoms. The van der Waals surface area contributed by atoms with E-state index in [1.165, 1.54) is 0 Å². The molecule has 3 aromatic rings. The third-order valence-electron chi connectivity index (χ3n) is 3.23. The minimum atomic E-state index is -0.311. The van der Waals surface area contributed by atoms with Gasteiger partial charge in [-0.25, -0.2) is 4.79 Å². The molecule has 0 saturated heterocycles. The van der Waals surface area contributed by atoms with Crippen LogP contribution in [0.5, 0.6) is 0 Å². The number of nitrogens with zero attached hydrogens (tertiary/aromatic N) is 2. The van der Waals surface area contributed by atoms with E-state index in [9.17, 15) is 4.79 Å². The van der Waals surface area contributed by atoms with E-state index in [0.29, 0.717) is 18.7 Å². The maximum Gasteiger partial charge on any atom is 0.338 e. The molecule has 21 heavy (non-hydrogen) atoms. The first-order chi connectivity index (χ1) is 10.3. The van der Waals surface area contributed by atoms with Crippen molar-refractivity contribution in [1.82, 2.24) is 9.55 Å². The normalized spacial score (nSPS) is 10.7. The van der Waals surface area contributed by atoms with Crippen molar-refractivity contribution in [3.8, 4) is 0 Å². The number of fused-ring (bicyclic) bond motifs is 1. The zero-order valence-electron chi connectivity index (χ0n) is 11.7. The van der Waals surface area contributed by atoms with Gasteiger partial charge in [0.25, 0.3) is 0 Å². The number of esters is 1. The fourth-order valence-corrected chi connectivity index (χ4v) is 2.29. The Morgan fingerprint density at radius 1 is 1.38 bits per heavy atom. The first-order valence-electron chi connectivity index (χ1n) is 6.85. The summed E-state index contributed by atoms with van der Waals surface area (Å²) in [5.74, 6) is -0.311. The Bertz CT molecular complexity index is 764. The van der Waals surface area contributed by atoms with Crippen molar-refractivity contribution in [2.75, 3.05) is 6.61 Å². The molecule has 0 amide bonds. The molecular weight excluding hydrogens is 264 g/mol. The highest BCUT2D eigenvalue weighted by Crippen LogP contribution is 2.20. The van der Waals surface area contributed by atoms with Crippen LogP contribution >= 0.6 is 0 Å². The molecule has 1 radical (unpaired) electrons. The molecule has 0 saturated carbocycles. The lowest BCUT2D eigenvalue weighted by atomic mass is 10.1. The van der Waals surface area contributed by atoms with E-state index in [1.807, 2.05) is 47.3 Å². The molecule has 0 fully saturated rings. The van der Waals surface area contributed by atoms with Crippen LogP contribution in [0.1, 0.15) is 22.8 Å². The van der Waals surface area contributed by atoms with Gasteiger partial charge >= 0.3 is 5.97 Å². The van der Waals surface area contributed by atoms with Gasteiger partial charge in [0.2, 0.25) is 0 Å². The summed E-state index contributed by atoms with van der Waals surface area (Å²) in [5, 5.41) is 0.820. The van der Waals surface area contributed by atoms with Gasteiger partial charge < -0.3 is 9.30 Å². The average molecular weight is 279 g/mol. The Balaban J connectivity index is 2.02. The van der Waals surface area contributed by atoms with Crippen molar-refractivity contribution in [2.24, 2.45) is 0 Å². The van der Waals surface area contributed by atoms with Crippen molar-refractivity contribution in [3.05, 3.63) is 66.1 Å².